The van der Waals surface area contributed by atoms with Gasteiger partial charge in [0.15, 0.2) is 0 Å². The number of nitrogens with one attached hydrogen (secondary N) is 3. The fourth-order valence-corrected chi connectivity index (χ4v) is 4.64. The van der Waals surface area contributed by atoms with Gasteiger partial charge in [0.25, 0.3) is 21.8 Å². The van der Waals surface area contributed by atoms with E-state index in [0.29, 0.717) is 5.02 Å². The molecule has 11 heteroatoms. The van der Waals surface area contributed by atoms with Crippen molar-refractivity contribution >= 4 is 62.1 Å². The van der Waals surface area contributed by atoms with E-state index in [2.05, 4.69) is 15.6 Å². The predicted octanol–water partition coefficient (Wildman–Crippen LogP) is 3.93. The standard InChI is InChI=1S/C18H13Cl2N3O4S2/c19-13-8-7-11(10-14(13)20)17(24)21-22-18(25)12-4-1-2-5-15(12)23-29(26,27)16-6-3-9-28-16/h1-10,23H,(H,21,24)(H,22,25). The number of benzene rings is 2. The highest BCUT2D eigenvalue weighted by Crippen LogP contribution is 2.23. The summed E-state index contributed by atoms with van der Waals surface area (Å²) in [6, 6.07) is 13.3. The van der Waals surface area contributed by atoms with Gasteiger partial charge in [-0.25, -0.2) is 8.42 Å². The molecule has 0 bridgehead atoms. The summed E-state index contributed by atoms with van der Waals surface area (Å²) in [5.74, 6) is -1.32. The topological polar surface area (TPSA) is 104 Å². The molecule has 0 aliphatic heterocycles. The Balaban J connectivity index is 1.73. The van der Waals surface area contributed by atoms with Crippen LogP contribution in [0.25, 0.3) is 0 Å². The summed E-state index contributed by atoms with van der Waals surface area (Å²) in [7, 11) is -3.84. The van der Waals surface area contributed by atoms with E-state index in [9.17, 15) is 18.0 Å². The van der Waals surface area contributed by atoms with Gasteiger partial charge >= 0.3 is 0 Å². The number of thiophene rings is 1. The molecule has 2 amide bonds. The number of carbonyl (C=O) groups excluding carboxylic acids is 2. The summed E-state index contributed by atoms with van der Waals surface area (Å²) in [5, 5.41) is 2.12. The third-order valence-corrected chi connectivity index (χ3v) is 7.15. The maximum Gasteiger partial charge on any atom is 0.271 e. The van der Waals surface area contributed by atoms with Crippen molar-refractivity contribution in [3.63, 3.8) is 0 Å². The second-order valence-electron chi connectivity index (χ2n) is 5.62. The normalized spacial score (nSPS) is 11.0. The van der Waals surface area contributed by atoms with Crippen molar-refractivity contribution in [1.82, 2.24) is 10.9 Å². The van der Waals surface area contributed by atoms with Crippen LogP contribution in [0.15, 0.2) is 64.2 Å². The minimum Gasteiger partial charge on any atom is -0.278 e. The largest absolute Gasteiger partial charge is 0.278 e. The number of amides is 2. The lowest BCUT2D eigenvalue weighted by Gasteiger charge is -2.12. The Morgan fingerprint density at radius 2 is 1.59 bits per heavy atom. The van der Waals surface area contributed by atoms with E-state index in [1.165, 1.54) is 36.4 Å². The number of hydrogen-bond acceptors (Lipinski definition) is 5. The molecule has 0 fully saturated rings. The number of anilines is 1. The second kappa shape index (κ2) is 8.83. The molecule has 3 N–H and O–H groups in total. The second-order valence-corrected chi connectivity index (χ2v) is 9.29. The zero-order chi connectivity index (χ0) is 21.0. The van der Waals surface area contributed by atoms with Gasteiger partial charge in [0.05, 0.1) is 21.3 Å². The van der Waals surface area contributed by atoms with Crippen molar-refractivity contribution in [3.8, 4) is 0 Å². The van der Waals surface area contributed by atoms with Crippen LogP contribution in [0, 0.1) is 0 Å². The van der Waals surface area contributed by atoms with Crippen LogP contribution in [0.5, 0.6) is 0 Å². The molecule has 3 rings (SSSR count). The molecule has 0 saturated heterocycles. The fraction of sp³-hybridized carbons (Fsp3) is 0. The first-order valence-corrected chi connectivity index (χ1v) is 11.1. The van der Waals surface area contributed by atoms with Crippen LogP contribution in [0.2, 0.25) is 10.0 Å². The van der Waals surface area contributed by atoms with E-state index in [0.717, 1.165) is 11.3 Å². The number of hydrazine groups is 1. The van der Waals surface area contributed by atoms with Crippen molar-refractivity contribution in [2.75, 3.05) is 4.72 Å². The molecule has 0 saturated carbocycles. The lowest BCUT2D eigenvalue weighted by atomic mass is 10.2. The molecule has 7 nitrogen and oxygen atoms in total. The van der Waals surface area contributed by atoms with Crippen LogP contribution in [0.1, 0.15) is 20.7 Å². The first kappa shape index (κ1) is 21.1. The number of rotatable bonds is 5. The molecule has 29 heavy (non-hydrogen) atoms. The van der Waals surface area contributed by atoms with E-state index in [-0.39, 0.29) is 26.0 Å². The van der Waals surface area contributed by atoms with Crippen LogP contribution >= 0.6 is 34.5 Å². The number of halogens is 2. The summed E-state index contributed by atoms with van der Waals surface area (Å²) in [6.07, 6.45) is 0. The lowest BCUT2D eigenvalue weighted by Crippen LogP contribution is -2.41. The third-order valence-electron chi connectivity index (χ3n) is 3.65. The quantitative estimate of drug-likeness (QED) is 0.492. The highest BCUT2D eigenvalue weighted by molar-refractivity contribution is 7.94. The maximum absolute atomic E-state index is 12.5. The van der Waals surface area contributed by atoms with Crippen LogP contribution in [0.4, 0.5) is 5.69 Å². The van der Waals surface area contributed by atoms with Gasteiger partial charge in [0.1, 0.15) is 4.21 Å². The Hall–Kier alpha value is -2.59. The zero-order valence-electron chi connectivity index (χ0n) is 14.5. The summed E-state index contributed by atoms with van der Waals surface area (Å²) in [4.78, 5) is 24.7. The van der Waals surface area contributed by atoms with Gasteiger partial charge in [-0.15, -0.1) is 11.3 Å². The summed E-state index contributed by atoms with van der Waals surface area (Å²) < 4.78 is 27.3. The molecule has 0 radical (unpaired) electrons. The van der Waals surface area contributed by atoms with Crippen molar-refractivity contribution in [2.24, 2.45) is 0 Å². The van der Waals surface area contributed by atoms with Gasteiger partial charge in [0, 0.05) is 5.56 Å². The number of hydrogen-bond donors (Lipinski definition) is 3. The Labute approximate surface area is 180 Å². The Morgan fingerprint density at radius 1 is 0.862 bits per heavy atom. The molecule has 2 aromatic carbocycles. The van der Waals surface area contributed by atoms with Crippen LogP contribution < -0.4 is 15.6 Å². The average Bonchev–Trinajstić information content (AvgIpc) is 3.24. The Morgan fingerprint density at radius 3 is 2.28 bits per heavy atom. The highest BCUT2D eigenvalue weighted by atomic mass is 35.5. The van der Waals surface area contributed by atoms with E-state index in [4.69, 9.17) is 23.2 Å². The highest BCUT2D eigenvalue weighted by Gasteiger charge is 2.19. The predicted molar refractivity (Wildman–Crippen MR) is 113 cm³/mol. The number of para-hydroxylation sites is 1. The lowest BCUT2D eigenvalue weighted by molar-refractivity contribution is 0.0847. The van der Waals surface area contributed by atoms with Gasteiger partial charge in [-0.2, -0.15) is 0 Å². The van der Waals surface area contributed by atoms with Crippen molar-refractivity contribution in [1.29, 1.82) is 0 Å². The molecule has 1 heterocycles. The molecule has 0 aliphatic rings. The van der Waals surface area contributed by atoms with Crippen molar-refractivity contribution < 1.29 is 18.0 Å². The molecular formula is C18H13Cl2N3O4S2. The van der Waals surface area contributed by atoms with Crippen molar-refractivity contribution in [3.05, 3.63) is 81.1 Å². The van der Waals surface area contributed by atoms with Gasteiger partial charge in [-0.3, -0.25) is 25.2 Å². The summed E-state index contributed by atoms with van der Waals surface area (Å²) >= 11 is 12.7. The van der Waals surface area contributed by atoms with E-state index < -0.39 is 21.8 Å². The molecular weight excluding hydrogens is 457 g/mol. The Bertz CT molecular complexity index is 1170. The zero-order valence-corrected chi connectivity index (χ0v) is 17.6. The molecule has 0 unspecified atom stereocenters. The summed E-state index contributed by atoms with van der Waals surface area (Å²) in [6.45, 7) is 0. The SMILES string of the molecule is O=C(NNC(=O)c1ccccc1NS(=O)(=O)c1cccs1)c1ccc(Cl)c(Cl)c1. The van der Waals surface area contributed by atoms with Gasteiger partial charge in [0.2, 0.25) is 0 Å². The minimum atomic E-state index is -3.84. The summed E-state index contributed by atoms with van der Waals surface area (Å²) in [5.41, 5.74) is 4.78. The van der Waals surface area contributed by atoms with Crippen LogP contribution in [-0.2, 0) is 10.0 Å². The minimum absolute atomic E-state index is 0.0297. The van der Waals surface area contributed by atoms with E-state index in [1.54, 1.807) is 23.6 Å². The van der Waals surface area contributed by atoms with Crippen LogP contribution in [-0.4, -0.2) is 20.2 Å². The van der Waals surface area contributed by atoms with E-state index in [1.807, 2.05) is 0 Å². The number of carbonyl (C=O) groups is 2. The van der Waals surface area contributed by atoms with Crippen LogP contribution in [0.3, 0.4) is 0 Å². The molecule has 150 valence electrons. The van der Waals surface area contributed by atoms with Gasteiger partial charge < -0.3 is 0 Å². The first-order valence-electron chi connectivity index (χ1n) is 7.99. The molecule has 0 atom stereocenters. The van der Waals surface area contributed by atoms with Gasteiger partial charge in [-0.1, -0.05) is 41.4 Å². The molecule has 1 aromatic heterocycles. The molecule has 0 aliphatic carbocycles. The van der Waals surface area contributed by atoms with E-state index >= 15 is 0 Å². The monoisotopic (exact) mass is 469 g/mol. The third kappa shape index (κ3) is 5.07. The smallest absolute Gasteiger partial charge is 0.271 e. The fourth-order valence-electron chi connectivity index (χ4n) is 2.27. The first-order chi connectivity index (χ1) is 13.8. The number of sulfonamides is 1. The average molecular weight is 470 g/mol. The van der Waals surface area contributed by atoms with Crippen molar-refractivity contribution in [2.45, 2.75) is 4.21 Å². The molecule has 0 spiro atoms. The Kier molecular flexibility index (Phi) is 6.43. The molecule has 3 aromatic rings. The maximum atomic E-state index is 12.5. The van der Waals surface area contributed by atoms with Gasteiger partial charge in [-0.05, 0) is 41.8 Å².